The van der Waals surface area contributed by atoms with Crippen molar-refractivity contribution >= 4 is 41.5 Å². The van der Waals surface area contributed by atoms with Crippen molar-refractivity contribution in [1.82, 2.24) is 4.57 Å². The van der Waals surface area contributed by atoms with Gasteiger partial charge in [0.1, 0.15) is 13.1 Å². The molecule has 1 aromatic carbocycles. The zero-order valence-corrected chi connectivity index (χ0v) is 17.7. The molecule has 0 bridgehead atoms. The molecule has 1 atom stereocenters. The van der Waals surface area contributed by atoms with E-state index in [4.69, 9.17) is 21.9 Å². The molecular formula is C21H24N3O2S2+. The summed E-state index contributed by atoms with van der Waals surface area (Å²) in [6.45, 7) is 7.17. The first-order chi connectivity index (χ1) is 13.6. The highest BCUT2D eigenvalue weighted by Gasteiger charge is 2.24. The molecule has 3 heterocycles. The van der Waals surface area contributed by atoms with Crippen LogP contribution in [0.2, 0.25) is 0 Å². The van der Waals surface area contributed by atoms with Gasteiger partial charge in [-0.15, -0.1) is 11.3 Å². The number of morpholine rings is 1. The fraction of sp³-hybridized carbons (Fsp3) is 0.381. The van der Waals surface area contributed by atoms with Gasteiger partial charge in [-0.1, -0.05) is 25.1 Å². The van der Waals surface area contributed by atoms with Crippen LogP contribution in [0, 0.1) is 3.95 Å². The van der Waals surface area contributed by atoms with Crippen molar-refractivity contribution < 1.29 is 14.4 Å². The predicted octanol–water partition coefficient (Wildman–Crippen LogP) is 2.89. The molecule has 0 amide bonds. The average molecular weight is 415 g/mol. The average Bonchev–Trinajstić information content (AvgIpc) is 3.00. The van der Waals surface area contributed by atoms with E-state index >= 15 is 0 Å². The number of aromatic hydroxyl groups is 1. The predicted molar refractivity (Wildman–Crippen MR) is 115 cm³/mol. The second-order valence-corrected chi connectivity index (χ2v) is 8.70. The molecule has 0 spiro atoms. The number of aromatic nitrogens is 1. The summed E-state index contributed by atoms with van der Waals surface area (Å²) in [4.78, 5) is 5.71. The number of hydrogen-bond acceptors (Lipinski definition) is 4. The number of para-hydroxylation sites is 1. The maximum atomic E-state index is 10.8. The quantitative estimate of drug-likeness (QED) is 0.621. The summed E-state index contributed by atoms with van der Waals surface area (Å²) in [7, 11) is 0. The van der Waals surface area contributed by atoms with Crippen molar-refractivity contribution in [2.75, 3.05) is 26.3 Å². The van der Waals surface area contributed by atoms with Crippen molar-refractivity contribution in [3.05, 3.63) is 49.2 Å². The van der Waals surface area contributed by atoms with Crippen LogP contribution in [0.25, 0.3) is 12.2 Å². The monoisotopic (exact) mass is 414 g/mol. The number of amidine groups is 1. The van der Waals surface area contributed by atoms with Gasteiger partial charge in [0.25, 0.3) is 0 Å². The minimum atomic E-state index is 0.166. The minimum absolute atomic E-state index is 0.166. The second-order valence-electron chi connectivity index (χ2n) is 7.02. The molecule has 0 radical (unpaired) electrons. The van der Waals surface area contributed by atoms with Crippen LogP contribution in [0.15, 0.2) is 34.8 Å². The molecule has 2 aliphatic heterocycles. The van der Waals surface area contributed by atoms with E-state index in [0.29, 0.717) is 17.2 Å². The van der Waals surface area contributed by atoms with Crippen LogP contribution in [-0.4, -0.2) is 46.4 Å². The maximum absolute atomic E-state index is 10.8. The highest BCUT2D eigenvalue weighted by Crippen LogP contribution is 2.32. The first-order valence-corrected chi connectivity index (χ1v) is 10.8. The van der Waals surface area contributed by atoms with E-state index in [9.17, 15) is 5.11 Å². The Morgan fingerprint density at radius 1 is 1.36 bits per heavy atom. The van der Waals surface area contributed by atoms with Gasteiger partial charge in [0.15, 0.2) is 9.31 Å². The molecule has 1 aromatic heterocycles. The molecule has 0 saturated carbocycles. The largest absolute Gasteiger partial charge is 0.493 e. The topological polar surface area (TPSA) is 49.8 Å². The Kier molecular flexibility index (Phi) is 5.57. The molecule has 1 fully saturated rings. The summed E-state index contributed by atoms with van der Waals surface area (Å²) < 4.78 is 10.3. The van der Waals surface area contributed by atoms with E-state index in [2.05, 4.69) is 30.6 Å². The fourth-order valence-corrected chi connectivity index (χ4v) is 4.92. The first-order valence-electron chi connectivity index (χ1n) is 9.60. The molecule has 2 aliphatic rings. The van der Waals surface area contributed by atoms with Crippen LogP contribution < -0.4 is 10.6 Å². The van der Waals surface area contributed by atoms with Crippen molar-refractivity contribution in [3.8, 4) is 5.88 Å². The van der Waals surface area contributed by atoms with Crippen LogP contribution in [0.5, 0.6) is 5.88 Å². The zero-order valence-electron chi connectivity index (χ0n) is 16.1. The number of rotatable bonds is 3. The first kappa shape index (κ1) is 19.2. The van der Waals surface area contributed by atoms with Gasteiger partial charge in [0.05, 0.1) is 23.7 Å². The van der Waals surface area contributed by atoms with Gasteiger partial charge in [0.2, 0.25) is 5.88 Å². The number of fused-ring (bicyclic) bond motifs is 1. The third-order valence-corrected chi connectivity index (χ3v) is 6.54. The van der Waals surface area contributed by atoms with Crippen molar-refractivity contribution in [2.45, 2.75) is 26.3 Å². The molecular weight excluding hydrogens is 390 g/mol. The standard InChI is InChI=1S/C21H23N3O2S2/c1-3-14(2)24-20(25)18(28-21(24)27)13-16-12-15-6-4-5-7-17(15)22-19(16)23-8-10-26-11-9-23/h4-7,12-14H,3,8-11H2,1-2H3/p+1/t14-/m1/s1. The Hall–Kier alpha value is -2.09. The van der Waals surface area contributed by atoms with E-state index in [0.717, 1.165) is 46.4 Å². The molecule has 2 aromatic rings. The van der Waals surface area contributed by atoms with E-state index in [1.807, 2.05) is 28.8 Å². The molecule has 4 rings (SSSR count). The lowest BCUT2D eigenvalue weighted by Gasteiger charge is -2.16. The maximum Gasteiger partial charge on any atom is 0.326 e. The number of benzene rings is 1. The lowest BCUT2D eigenvalue weighted by Crippen LogP contribution is -2.38. The lowest BCUT2D eigenvalue weighted by molar-refractivity contribution is -0.549. The zero-order chi connectivity index (χ0) is 19.7. The summed E-state index contributed by atoms with van der Waals surface area (Å²) in [5.74, 6) is 1.17. The third-order valence-electron chi connectivity index (χ3n) is 5.20. The molecule has 1 N–H and O–H groups in total. The van der Waals surface area contributed by atoms with Gasteiger partial charge >= 0.3 is 5.84 Å². The normalized spacial score (nSPS) is 19.1. The van der Waals surface area contributed by atoms with Crippen LogP contribution in [0.3, 0.4) is 0 Å². The summed E-state index contributed by atoms with van der Waals surface area (Å²) in [5.41, 5.74) is 0.989. The van der Waals surface area contributed by atoms with E-state index in [-0.39, 0.29) is 11.9 Å². The molecule has 7 heteroatoms. The second kappa shape index (κ2) is 8.11. The fourth-order valence-electron chi connectivity index (χ4n) is 3.46. The Labute approximate surface area is 173 Å². The van der Waals surface area contributed by atoms with Crippen LogP contribution >= 0.6 is 23.6 Å². The Balaban J connectivity index is 1.89. The van der Waals surface area contributed by atoms with Crippen molar-refractivity contribution in [3.63, 3.8) is 0 Å². The third kappa shape index (κ3) is 3.62. The van der Waals surface area contributed by atoms with Gasteiger partial charge in [0, 0.05) is 11.3 Å². The van der Waals surface area contributed by atoms with Gasteiger partial charge in [-0.3, -0.25) is 9.14 Å². The number of thiazole rings is 1. The molecule has 0 unspecified atom stereocenters. The Morgan fingerprint density at radius 2 is 2.11 bits per heavy atom. The number of ether oxygens (including phenoxy) is 1. The van der Waals surface area contributed by atoms with Gasteiger partial charge in [-0.05, 0) is 48.8 Å². The highest BCUT2D eigenvalue weighted by molar-refractivity contribution is 7.73. The van der Waals surface area contributed by atoms with Gasteiger partial charge in [-0.2, -0.15) is 0 Å². The molecule has 28 heavy (non-hydrogen) atoms. The Morgan fingerprint density at radius 3 is 2.86 bits per heavy atom. The number of nitrogens with zero attached hydrogens (tertiary/aromatic N) is 3. The van der Waals surface area contributed by atoms with Crippen LogP contribution in [0.4, 0.5) is 0 Å². The summed E-state index contributed by atoms with van der Waals surface area (Å²) in [6, 6.07) is 8.28. The van der Waals surface area contributed by atoms with Crippen molar-refractivity contribution in [1.29, 1.82) is 0 Å². The van der Waals surface area contributed by atoms with Crippen LogP contribution in [0.1, 0.15) is 31.2 Å². The SMILES string of the molecule is CC[C@@H](C)n1c(O)c(/C=C2\C=c3ccccc3=NC2=[N+]2CCOCC2)sc1=S. The molecule has 5 nitrogen and oxygen atoms in total. The molecule has 0 aliphatic carbocycles. The van der Waals surface area contributed by atoms with E-state index < -0.39 is 0 Å². The van der Waals surface area contributed by atoms with E-state index in [1.165, 1.54) is 11.3 Å². The van der Waals surface area contributed by atoms with E-state index in [1.54, 1.807) is 0 Å². The summed E-state index contributed by atoms with van der Waals surface area (Å²) >= 11 is 6.95. The van der Waals surface area contributed by atoms with Gasteiger partial charge < -0.3 is 9.84 Å². The Bertz CT molecular complexity index is 1130. The summed E-state index contributed by atoms with van der Waals surface area (Å²) in [5, 5.41) is 12.9. The molecule has 146 valence electrons. The van der Waals surface area contributed by atoms with Gasteiger partial charge in [-0.25, -0.2) is 0 Å². The molecule has 1 saturated heterocycles. The summed E-state index contributed by atoms with van der Waals surface area (Å²) in [6.07, 6.45) is 5.07. The minimum Gasteiger partial charge on any atom is -0.493 e. The highest BCUT2D eigenvalue weighted by atomic mass is 32.1. The van der Waals surface area contributed by atoms with Crippen molar-refractivity contribution in [2.24, 2.45) is 4.99 Å². The van der Waals surface area contributed by atoms with Crippen LogP contribution in [-0.2, 0) is 4.74 Å². The number of hydrogen-bond donors (Lipinski definition) is 1. The lowest BCUT2D eigenvalue weighted by atomic mass is 10.1. The smallest absolute Gasteiger partial charge is 0.326 e.